The van der Waals surface area contributed by atoms with Gasteiger partial charge in [-0.3, -0.25) is 0 Å². The van der Waals surface area contributed by atoms with Gasteiger partial charge in [-0.1, -0.05) is 11.6 Å². The van der Waals surface area contributed by atoms with E-state index in [0.29, 0.717) is 54.5 Å². The fourth-order valence-electron chi connectivity index (χ4n) is 3.83. The van der Waals surface area contributed by atoms with Crippen molar-refractivity contribution >= 4 is 41.5 Å². The quantitative estimate of drug-likeness (QED) is 0.371. The highest BCUT2D eigenvalue weighted by molar-refractivity contribution is 14.0. The Morgan fingerprint density at radius 1 is 1.26 bits per heavy atom. The fourth-order valence-corrected chi connectivity index (χ4v) is 4.12. The van der Waals surface area contributed by atoms with E-state index in [1.807, 2.05) is 12.1 Å². The second-order valence-electron chi connectivity index (χ2n) is 7.01. The molecule has 150 valence electrons. The van der Waals surface area contributed by atoms with Gasteiger partial charge in [-0.05, 0) is 43.9 Å². The topological polar surface area (TPSA) is 64.1 Å². The lowest BCUT2D eigenvalue weighted by Gasteiger charge is -2.22. The number of nitrogens with one attached hydrogen (secondary N) is 2. The molecule has 3 aliphatic rings. The lowest BCUT2D eigenvalue weighted by molar-refractivity contribution is 0.0992. The van der Waals surface area contributed by atoms with Crippen LogP contribution in [0.5, 0.6) is 11.5 Å². The highest BCUT2D eigenvalue weighted by Crippen LogP contribution is 2.38. The molecular weight excluding hydrogens is 481 g/mol. The van der Waals surface area contributed by atoms with Crippen LogP contribution in [0.2, 0.25) is 5.02 Å². The number of rotatable bonds is 4. The van der Waals surface area contributed by atoms with Crippen molar-refractivity contribution in [2.45, 2.75) is 57.4 Å². The van der Waals surface area contributed by atoms with E-state index in [2.05, 4.69) is 17.6 Å². The Hall–Kier alpha value is -0.930. The predicted octanol–water partition coefficient (Wildman–Crippen LogP) is 3.49. The molecule has 2 saturated heterocycles. The van der Waals surface area contributed by atoms with Crippen molar-refractivity contribution in [2.24, 2.45) is 4.99 Å². The first-order chi connectivity index (χ1) is 12.7. The molecule has 27 heavy (non-hydrogen) atoms. The number of hydrogen-bond acceptors (Lipinski definition) is 4. The van der Waals surface area contributed by atoms with Crippen molar-refractivity contribution in [3.63, 3.8) is 0 Å². The van der Waals surface area contributed by atoms with Gasteiger partial charge in [-0.2, -0.15) is 0 Å². The van der Waals surface area contributed by atoms with Crippen molar-refractivity contribution in [2.75, 3.05) is 19.8 Å². The number of guanidine groups is 1. The molecule has 3 aliphatic heterocycles. The van der Waals surface area contributed by atoms with Crippen LogP contribution in [0.25, 0.3) is 0 Å². The minimum atomic E-state index is 0. The van der Waals surface area contributed by atoms with Crippen LogP contribution < -0.4 is 20.1 Å². The van der Waals surface area contributed by atoms with Crippen molar-refractivity contribution in [3.8, 4) is 11.5 Å². The first-order valence-corrected chi connectivity index (χ1v) is 9.89. The number of ether oxygens (including phenoxy) is 3. The van der Waals surface area contributed by atoms with E-state index in [9.17, 15) is 0 Å². The Balaban J connectivity index is 0.00000210. The molecule has 0 radical (unpaired) electrons. The van der Waals surface area contributed by atoms with Crippen molar-refractivity contribution in [3.05, 3.63) is 22.7 Å². The van der Waals surface area contributed by atoms with Crippen LogP contribution >= 0.6 is 35.6 Å². The maximum absolute atomic E-state index is 6.38. The summed E-state index contributed by atoms with van der Waals surface area (Å²) in [7, 11) is 0. The second kappa shape index (κ2) is 9.52. The number of aliphatic imine (C=N–C) groups is 1. The molecule has 1 aromatic rings. The summed E-state index contributed by atoms with van der Waals surface area (Å²) >= 11 is 6.38. The fraction of sp³-hybridized carbons (Fsp3) is 0.632. The van der Waals surface area contributed by atoms with E-state index in [1.165, 1.54) is 6.42 Å². The molecule has 0 spiro atoms. The van der Waals surface area contributed by atoms with Crippen LogP contribution in [0.3, 0.4) is 0 Å². The number of hydrogen-bond donors (Lipinski definition) is 2. The number of fused-ring (bicyclic) bond motifs is 3. The zero-order valence-electron chi connectivity index (χ0n) is 15.5. The van der Waals surface area contributed by atoms with Crippen LogP contribution in [0, 0.1) is 0 Å². The monoisotopic (exact) mass is 507 g/mol. The first kappa shape index (κ1) is 20.8. The third-order valence-electron chi connectivity index (χ3n) is 5.05. The van der Waals surface area contributed by atoms with Crippen LogP contribution in [-0.2, 0) is 11.3 Å². The molecule has 0 aliphatic carbocycles. The van der Waals surface area contributed by atoms with Gasteiger partial charge in [0, 0.05) is 13.0 Å². The van der Waals surface area contributed by atoms with Crippen LogP contribution in [0.4, 0.5) is 0 Å². The highest BCUT2D eigenvalue weighted by atomic mass is 127. The minimum absolute atomic E-state index is 0. The van der Waals surface area contributed by atoms with Crippen LogP contribution in [0.1, 0.15) is 38.2 Å². The maximum atomic E-state index is 6.38. The van der Waals surface area contributed by atoms with Gasteiger partial charge >= 0.3 is 0 Å². The van der Waals surface area contributed by atoms with E-state index in [-0.39, 0.29) is 24.0 Å². The Kier molecular flexibility index (Phi) is 7.33. The second-order valence-corrected chi connectivity index (χ2v) is 7.42. The van der Waals surface area contributed by atoms with Crippen molar-refractivity contribution in [1.82, 2.24) is 10.6 Å². The molecule has 3 atom stereocenters. The third kappa shape index (κ3) is 4.92. The lowest BCUT2D eigenvalue weighted by atomic mass is 9.96. The molecule has 2 N–H and O–H groups in total. The van der Waals surface area contributed by atoms with Gasteiger partial charge in [0.1, 0.15) is 0 Å². The maximum Gasteiger partial charge on any atom is 0.191 e. The highest BCUT2D eigenvalue weighted by Gasteiger charge is 2.41. The summed E-state index contributed by atoms with van der Waals surface area (Å²) in [5.74, 6) is 2.16. The normalized spacial score (nSPS) is 26.3. The van der Waals surface area contributed by atoms with E-state index in [4.69, 9.17) is 30.8 Å². The van der Waals surface area contributed by atoms with Gasteiger partial charge in [0.25, 0.3) is 0 Å². The van der Waals surface area contributed by atoms with E-state index < -0.39 is 0 Å². The Morgan fingerprint density at radius 2 is 2.11 bits per heavy atom. The summed E-state index contributed by atoms with van der Waals surface area (Å²) in [5, 5.41) is 7.43. The van der Waals surface area contributed by atoms with Gasteiger partial charge in [-0.15, -0.1) is 24.0 Å². The minimum Gasteiger partial charge on any atom is -0.489 e. The molecule has 3 unspecified atom stereocenters. The molecular formula is C19H27ClIN3O3. The molecule has 1 aromatic carbocycles. The summed E-state index contributed by atoms with van der Waals surface area (Å²) in [6.45, 7) is 4.68. The Bertz CT molecular complexity index is 688. The van der Waals surface area contributed by atoms with Gasteiger partial charge in [0.2, 0.25) is 0 Å². The molecule has 0 aromatic heterocycles. The van der Waals surface area contributed by atoms with Gasteiger partial charge < -0.3 is 24.8 Å². The molecule has 3 heterocycles. The smallest absolute Gasteiger partial charge is 0.191 e. The van der Waals surface area contributed by atoms with Crippen molar-refractivity contribution in [1.29, 1.82) is 0 Å². The molecule has 0 amide bonds. The zero-order chi connectivity index (χ0) is 17.9. The molecule has 2 bridgehead atoms. The predicted molar refractivity (Wildman–Crippen MR) is 117 cm³/mol. The van der Waals surface area contributed by atoms with Gasteiger partial charge in [0.15, 0.2) is 17.5 Å². The molecule has 0 saturated carbocycles. The molecule has 4 rings (SSSR count). The SMILES string of the molecule is CCNC(=NCc1cc(Cl)c2c(c1)OCCCO2)NC1CC2CCC1O2.I. The average Bonchev–Trinajstić information content (AvgIpc) is 3.16. The number of benzene rings is 1. The standard InChI is InChI=1S/C19H26ClN3O3.HI/c1-2-21-19(23-15-10-13-4-5-16(15)26-13)22-11-12-8-14(20)18-17(9-12)24-6-3-7-25-18;/h8-9,13,15-16H,2-7,10-11H2,1H3,(H2,21,22,23);1H. The molecule has 2 fully saturated rings. The number of nitrogens with zero attached hydrogens (tertiary/aromatic N) is 1. The number of halogens is 2. The van der Waals surface area contributed by atoms with E-state index in [1.54, 1.807) is 0 Å². The molecule has 6 nitrogen and oxygen atoms in total. The Labute approximate surface area is 182 Å². The summed E-state index contributed by atoms with van der Waals surface area (Å²) < 4.78 is 17.4. The average molecular weight is 508 g/mol. The third-order valence-corrected chi connectivity index (χ3v) is 5.33. The Morgan fingerprint density at radius 3 is 2.85 bits per heavy atom. The van der Waals surface area contributed by atoms with Crippen molar-refractivity contribution < 1.29 is 14.2 Å². The van der Waals surface area contributed by atoms with Gasteiger partial charge in [0.05, 0.1) is 43.0 Å². The van der Waals surface area contributed by atoms with Crippen LogP contribution in [-0.4, -0.2) is 44.0 Å². The summed E-state index contributed by atoms with van der Waals surface area (Å²) in [4.78, 5) is 4.73. The largest absolute Gasteiger partial charge is 0.489 e. The van der Waals surface area contributed by atoms with E-state index in [0.717, 1.165) is 37.3 Å². The lowest BCUT2D eigenvalue weighted by Crippen LogP contribution is -2.47. The molecule has 8 heteroatoms. The zero-order valence-corrected chi connectivity index (χ0v) is 18.6. The first-order valence-electron chi connectivity index (χ1n) is 9.51. The summed E-state index contributed by atoms with van der Waals surface area (Å²) in [6.07, 6.45) is 4.98. The van der Waals surface area contributed by atoms with Gasteiger partial charge in [-0.25, -0.2) is 4.99 Å². The van der Waals surface area contributed by atoms with Crippen LogP contribution in [0.15, 0.2) is 17.1 Å². The summed E-state index contributed by atoms with van der Waals surface area (Å²) in [6, 6.07) is 4.22. The summed E-state index contributed by atoms with van der Waals surface area (Å²) in [5.41, 5.74) is 1.00. The van der Waals surface area contributed by atoms with E-state index >= 15 is 0 Å².